The second-order valence-electron chi connectivity index (χ2n) is 6.86. The third-order valence-electron chi connectivity index (χ3n) is 5.11. The summed E-state index contributed by atoms with van der Waals surface area (Å²) in [5.41, 5.74) is 2.65. The standard InChI is InChI=1S/C22H22BrNO3/c1-2-26-18-8-5-15(6-9-18)20-4-3-11-24(20)14-16-12-22(25)27-21-13-17(23)7-10-19(16)21/h5-10,12-13,20H,2-4,11,14H2,1H3/t20-/m0/s1. The van der Waals surface area contributed by atoms with Crippen molar-refractivity contribution in [3.63, 3.8) is 0 Å². The highest BCUT2D eigenvalue weighted by atomic mass is 79.9. The molecule has 2 heterocycles. The van der Waals surface area contributed by atoms with E-state index in [1.54, 1.807) is 6.07 Å². The number of nitrogens with zero attached hydrogens (tertiary/aromatic N) is 1. The number of likely N-dealkylation sites (tertiary alicyclic amines) is 1. The van der Waals surface area contributed by atoms with Gasteiger partial charge in [0.05, 0.1) is 6.61 Å². The molecule has 3 aromatic rings. The van der Waals surface area contributed by atoms with Gasteiger partial charge in [-0.2, -0.15) is 0 Å². The van der Waals surface area contributed by atoms with Crippen LogP contribution in [0.4, 0.5) is 0 Å². The number of halogens is 1. The fourth-order valence-electron chi connectivity index (χ4n) is 3.90. The molecular weight excluding hydrogens is 406 g/mol. The molecule has 1 aliphatic rings. The van der Waals surface area contributed by atoms with Crippen LogP contribution in [0.5, 0.6) is 5.75 Å². The molecule has 0 unspecified atom stereocenters. The fourth-order valence-corrected chi connectivity index (χ4v) is 4.24. The van der Waals surface area contributed by atoms with E-state index in [0.717, 1.165) is 47.1 Å². The minimum absolute atomic E-state index is 0.299. The van der Waals surface area contributed by atoms with Crippen LogP contribution in [0.1, 0.15) is 36.9 Å². The molecule has 1 fully saturated rings. The predicted octanol–water partition coefficient (Wildman–Crippen LogP) is 5.29. The Hall–Kier alpha value is -2.11. The van der Waals surface area contributed by atoms with Gasteiger partial charge in [-0.15, -0.1) is 0 Å². The van der Waals surface area contributed by atoms with Crippen LogP contribution >= 0.6 is 15.9 Å². The van der Waals surface area contributed by atoms with E-state index < -0.39 is 0 Å². The van der Waals surface area contributed by atoms with Crippen LogP contribution in [0, 0.1) is 0 Å². The van der Waals surface area contributed by atoms with Crippen LogP contribution in [0.25, 0.3) is 11.0 Å². The third-order valence-corrected chi connectivity index (χ3v) is 5.60. The van der Waals surface area contributed by atoms with Crippen molar-refractivity contribution in [2.75, 3.05) is 13.2 Å². The van der Waals surface area contributed by atoms with E-state index in [1.807, 2.05) is 37.3 Å². The van der Waals surface area contributed by atoms with Crippen molar-refractivity contribution in [2.45, 2.75) is 32.4 Å². The van der Waals surface area contributed by atoms with Crippen molar-refractivity contribution >= 4 is 26.9 Å². The van der Waals surface area contributed by atoms with Gasteiger partial charge in [0.2, 0.25) is 0 Å². The lowest BCUT2D eigenvalue weighted by Crippen LogP contribution is -2.23. The molecule has 5 heteroatoms. The third kappa shape index (κ3) is 3.94. The summed E-state index contributed by atoms with van der Waals surface area (Å²) < 4.78 is 11.8. The summed E-state index contributed by atoms with van der Waals surface area (Å²) in [4.78, 5) is 14.5. The van der Waals surface area contributed by atoms with Crippen LogP contribution in [-0.4, -0.2) is 18.1 Å². The Labute approximate surface area is 166 Å². The smallest absolute Gasteiger partial charge is 0.336 e. The Morgan fingerprint density at radius 1 is 1.19 bits per heavy atom. The van der Waals surface area contributed by atoms with E-state index >= 15 is 0 Å². The molecule has 0 amide bonds. The summed E-state index contributed by atoms with van der Waals surface area (Å²) in [6, 6.07) is 16.2. The molecule has 0 N–H and O–H groups in total. The average molecular weight is 428 g/mol. The molecule has 0 aliphatic carbocycles. The van der Waals surface area contributed by atoms with Gasteiger partial charge in [0.1, 0.15) is 11.3 Å². The van der Waals surface area contributed by atoms with Gasteiger partial charge in [0.25, 0.3) is 0 Å². The SMILES string of the molecule is CCOc1ccc([C@@H]2CCCN2Cc2cc(=O)oc3cc(Br)ccc23)cc1. The number of fused-ring (bicyclic) bond motifs is 1. The van der Waals surface area contributed by atoms with Crippen LogP contribution in [-0.2, 0) is 6.54 Å². The predicted molar refractivity (Wildman–Crippen MR) is 110 cm³/mol. The summed E-state index contributed by atoms with van der Waals surface area (Å²) in [6.45, 7) is 4.43. The molecule has 0 bridgehead atoms. The van der Waals surface area contributed by atoms with E-state index in [9.17, 15) is 4.79 Å². The Morgan fingerprint density at radius 3 is 2.78 bits per heavy atom. The molecule has 0 radical (unpaired) electrons. The molecule has 2 aromatic carbocycles. The van der Waals surface area contributed by atoms with Crippen LogP contribution in [0.15, 0.2) is 62.2 Å². The Kier molecular flexibility index (Phi) is 5.32. The minimum Gasteiger partial charge on any atom is -0.494 e. The van der Waals surface area contributed by atoms with E-state index in [2.05, 4.69) is 33.0 Å². The van der Waals surface area contributed by atoms with Gasteiger partial charge in [-0.25, -0.2) is 4.79 Å². The van der Waals surface area contributed by atoms with Crippen LogP contribution in [0.3, 0.4) is 0 Å². The zero-order chi connectivity index (χ0) is 18.8. The van der Waals surface area contributed by atoms with E-state index in [4.69, 9.17) is 9.15 Å². The first-order valence-electron chi connectivity index (χ1n) is 9.33. The zero-order valence-electron chi connectivity index (χ0n) is 15.3. The molecule has 4 rings (SSSR count). The van der Waals surface area contributed by atoms with Gasteiger partial charge in [-0.3, -0.25) is 4.90 Å². The molecule has 0 saturated carbocycles. The van der Waals surface area contributed by atoms with Crippen LogP contribution < -0.4 is 10.4 Å². The van der Waals surface area contributed by atoms with Gasteiger partial charge in [0, 0.05) is 28.5 Å². The average Bonchev–Trinajstić information content (AvgIpc) is 3.10. The van der Waals surface area contributed by atoms with Gasteiger partial charge in [0.15, 0.2) is 0 Å². The summed E-state index contributed by atoms with van der Waals surface area (Å²) >= 11 is 3.44. The first kappa shape index (κ1) is 18.3. The minimum atomic E-state index is -0.299. The first-order chi connectivity index (χ1) is 13.1. The largest absolute Gasteiger partial charge is 0.494 e. The Balaban J connectivity index is 1.62. The normalized spacial score (nSPS) is 17.5. The van der Waals surface area contributed by atoms with E-state index in [0.29, 0.717) is 18.2 Å². The summed E-state index contributed by atoms with van der Waals surface area (Å²) in [7, 11) is 0. The molecule has 1 aromatic heterocycles. The first-order valence-corrected chi connectivity index (χ1v) is 10.1. The molecule has 1 aliphatic heterocycles. The summed E-state index contributed by atoms with van der Waals surface area (Å²) in [5.74, 6) is 0.906. The second-order valence-corrected chi connectivity index (χ2v) is 7.78. The highest BCUT2D eigenvalue weighted by Crippen LogP contribution is 2.35. The highest BCUT2D eigenvalue weighted by Gasteiger charge is 2.26. The maximum Gasteiger partial charge on any atom is 0.336 e. The maximum absolute atomic E-state index is 12.0. The Bertz CT molecular complexity index is 997. The zero-order valence-corrected chi connectivity index (χ0v) is 16.9. The lowest BCUT2D eigenvalue weighted by molar-refractivity contribution is 0.248. The fraction of sp³-hybridized carbons (Fsp3) is 0.318. The van der Waals surface area contributed by atoms with Crippen molar-refractivity contribution in [2.24, 2.45) is 0 Å². The number of hydrogen-bond acceptors (Lipinski definition) is 4. The van der Waals surface area contributed by atoms with Gasteiger partial charge in [-0.1, -0.05) is 28.1 Å². The number of ether oxygens (including phenoxy) is 1. The number of rotatable bonds is 5. The summed E-state index contributed by atoms with van der Waals surface area (Å²) in [5, 5.41) is 0.996. The molecule has 1 atom stereocenters. The van der Waals surface area contributed by atoms with Crippen molar-refractivity contribution < 1.29 is 9.15 Å². The monoisotopic (exact) mass is 427 g/mol. The molecule has 1 saturated heterocycles. The van der Waals surface area contributed by atoms with Gasteiger partial charge >= 0.3 is 5.63 Å². The van der Waals surface area contributed by atoms with Crippen molar-refractivity contribution in [1.29, 1.82) is 0 Å². The number of hydrogen-bond donors (Lipinski definition) is 0. The topological polar surface area (TPSA) is 42.7 Å². The van der Waals surface area contributed by atoms with Crippen LogP contribution in [0.2, 0.25) is 0 Å². The van der Waals surface area contributed by atoms with Crippen molar-refractivity contribution in [3.8, 4) is 5.75 Å². The molecule has 27 heavy (non-hydrogen) atoms. The lowest BCUT2D eigenvalue weighted by Gasteiger charge is -2.25. The lowest BCUT2D eigenvalue weighted by atomic mass is 10.0. The quantitative estimate of drug-likeness (QED) is 0.518. The summed E-state index contributed by atoms with van der Waals surface area (Å²) in [6.07, 6.45) is 2.28. The van der Waals surface area contributed by atoms with Crippen molar-refractivity contribution in [3.05, 3.63) is 74.6 Å². The van der Waals surface area contributed by atoms with Gasteiger partial charge < -0.3 is 9.15 Å². The van der Waals surface area contributed by atoms with Crippen molar-refractivity contribution in [1.82, 2.24) is 4.90 Å². The second kappa shape index (κ2) is 7.87. The van der Waals surface area contributed by atoms with E-state index in [1.165, 1.54) is 5.56 Å². The molecular formula is C22H22BrNO3. The highest BCUT2D eigenvalue weighted by molar-refractivity contribution is 9.10. The maximum atomic E-state index is 12.0. The molecule has 4 nitrogen and oxygen atoms in total. The van der Waals surface area contributed by atoms with Gasteiger partial charge in [-0.05, 0) is 67.8 Å². The number of benzene rings is 2. The Morgan fingerprint density at radius 2 is 2.00 bits per heavy atom. The molecule has 140 valence electrons. The molecule has 0 spiro atoms. The van der Waals surface area contributed by atoms with E-state index in [-0.39, 0.29) is 5.63 Å².